The molecule has 22 nitrogen and oxygen atoms in total. The number of carbonyl (C=O) groups is 8. The molecule has 4 aromatic rings. The van der Waals surface area contributed by atoms with Crippen molar-refractivity contribution in [2.24, 2.45) is 5.92 Å². The topological polar surface area (TPSA) is 241 Å². The number of ether oxygens (including phenoxy) is 4. The lowest BCUT2D eigenvalue weighted by Crippen LogP contribution is -2.64. The van der Waals surface area contributed by atoms with Crippen LogP contribution in [0.3, 0.4) is 0 Å². The van der Waals surface area contributed by atoms with E-state index in [1.165, 1.54) is 43.1 Å². The summed E-state index contributed by atoms with van der Waals surface area (Å²) in [6.45, 7) is 20.2. The standard InChI is InChI=1S/C68H87F3N10O12/c1-40-33-78(49(35-77-25-28-91-38-41(77)2)36-79(40)65(89)93-67(7,8)9)37-56(83)81-39-68(10,51-22-17-44(30-54(51)81)29-43-15-19-47(69)20-16-43)63(87)72-32-55(82)73-48-21-18-46-34-80(59(50(46)31-48)61(85)75-58-52(70)13-12-14-53(58)71)62(86)57(45-23-26-90-27-24-45)74-60(84)42(3)76(11)64(88)92-66(4,5)6/h12-22,30-31,40-42,45,49,57,59H,23-29,32-39H2,1-11H3,(H,72,87)(H,73,82)(H,74,84)(H,75,85)/t40-,41-,42?,49+,57?,59+,68-/m1/s1. The summed E-state index contributed by atoms with van der Waals surface area (Å²) in [5, 5.41) is 10.7. The second-order valence-corrected chi connectivity index (χ2v) is 27.3. The fraction of sp³-hybridized carbons (Fsp3) is 0.529. The Morgan fingerprint density at radius 1 is 0.774 bits per heavy atom. The van der Waals surface area contributed by atoms with Gasteiger partial charge in [-0.15, -0.1) is 0 Å². The molecule has 8 amide bonds. The number of nitrogens with one attached hydrogen (secondary N) is 4. The van der Waals surface area contributed by atoms with Crippen molar-refractivity contribution in [1.82, 2.24) is 35.1 Å². The molecule has 502 valence electrons. The van der Waals surface area contributed by atoms with Gasteiger partial charge in [-0.2, -0.15) is 0 Å². The average Bonchev–Trinajstić information content (AvgIpc) is 1.61. The van der Waals surface area contributed by atoms with Gasteiger partial charge in [-0.1, -0.05) is 36.4 Å². The van der Waals surface area contributed by atoms with Crippen LogP contribution in [0.25, 0.3) is 0 Å². The summed E-state index contributed by atoms with van der Waals surface area (Å²) in [5.41, 5.74) is -0.379. The molecule has 2 unspecified atom stereocenters. The SMILES string of the molecule is CC(C(=O)NC(C(=O)N1Cc2ccc(NC(=O)CNC(=O)[C@]3(C)CN(C(=O)CN4C[C@@H](C)N(C(=O)OC(C)(C)C)C[C@@H]4CN4CCOC[C@H]4C)c4cc(Cc5ccc(F)cc5)ccc43)cc2[C@H]1C(=O)Nc1c(F)cccc1F)C1CCOCC1)N(C)C(=O)OC(C)(C)C. The molecule has 4 aromatic carbocycles. The second-order valence-electron chi connectivity index (χ2n) is 27.3. The number of amides is 8. The molecule has 5 aliphatic rings. The quantitative estimate of drug-likeness (QED) is 0.0813. The maximum atomic E-state index is 15.2. The van der Waals surface area contributed by atoms with Crippen LogP contribution in [0.1, 0.15) is 116 Å². The van der Waals surface area contributed by atoms with Crippen LogP contribution in [0.15, 0.2) is 78.9 Å². The molecule has 7 atom stereocenters. The second kappa shape index (κ2) is 28.6. The van der Waals surface area contributed by atoms with E-state index in [1.807, 2.05) is 39.8 Å². The van der Waals surface area contributed by atoms with Crippen molar-refractivity contribution >= 4 is 64.7 Å². The number of carbonyl (C=O) groups excluding carboxylic acids is 8. The minimum Gasteiger partial charge on any atom is -0.444 e. The molecule has 3 fully saturated rings. The van der Waals surface area contributed by atoms with E-state index in [1.54, 1.807) is 61.8 Å². The Kier molecular flexibility index (Phi) is 21.3. The van der Waals surface area contributed by atoms with Crippen LogP contribution in [0, 0.1) is 23.4 Å². The molecule has 0 radical (unpaired) electrons. The highest BCUT2D eigenvalue weighted by molar-refractivity contribution is 6.05. The van der Waals surface area contributed by atoms with E-state index in [2.05, 4.69) is 38.0 Å². The summed E-state index contributed by atoms with van der Waals surface area (Å²) in [5.74, 6) is -7.02. The maximum Gasteiger partial charge on any atom is 0.410 e. The van der Waals surface area contributed by atoms with Gasteiger partial charge in [0.1, 0.15) is 52.5 Å². The van der Waals surface area contributed by atoms with E-state index in [4.69, 9.17) is 18.9 Å². The molecule has 0 spiro atoms. The van der Waals surface area contributed by atoms with E-state index in [0.717, 1.165) is 34.2 Å². The number of rotatable bonds is 17. The van der Waals surface area contributed by atoms with E-state index < -0.39 is 106 Å². The fourth-order valence-electron chi connectivity index (χ4n) is 12.7. The largest absolute Gasteiger partial charge is 0.444 e. The average molecular weight is 1290 g/mol. The number of likely N-dealkylation sites (N-methyl/N-ethyl adjacent to an activating group) is 1. The lowest BCUT2D eigenvalue weighted by molar-refractivity contribution is -0.144. The Morgan fingerprint density at radius 2 is 1.45 bits per heavy atom. The van der Waals surface area contributed by atoms with Crippen molar-refractivity contribution in [2.45, 2.75) is 148 Å². The van der Waals surface area contributed by atoms with Crippen molar-refractivity contribution in [3.05, 3.63) is 124 Å². The number of hydrogen-bond donors (Lipinski definition) is 4. The highest BCUT2D eigenvalue weighted by atomic mass is 19.1. The lowest BCUT2D eigenvalue weighted by Gasteiger charge is -2.47. The van der Waals surface area contributed by atoms with Crippen molar-refractivity contribution in [1.29, 1.82) is 0 Å². The Morgan fingerprint density at radius 3 is 2.12 bits per heavy atom. The number of benzene rings is 4. The molecule has 0 bridgehead atoms. The smallest absolute Gasteiger partial charge is 0.410 e. The van der Waals surface area contributed by atoms with Gasteiger partial charge in [0, 0.05) is 89.0 Å². The zero-order valence-corrected chi connectivity index (χ0v) is 54.9. The fourth-order valence-corrected chi connectivity index (χ4v) is 12.7. The molecule has 25 heteroatoms. The molecule has 9 rings (SSSR count). The molecule has 0 aromatic heterocycles. The van der Waals surface area contributed by atoms with Gasteiger partial charge in [-0.25, -0.2) is 22.8 Å². The van der Waals surface area contributed by atoms with Gasteiger partial charge in [-0.05, 0) is 165 Å². The first kappa shape index (κ1) is 69.2. The molecule has 0 aliphatic carbocycles. The van der Waals surface area contributed by atoms with Crippen LogP contribution in [0.4, 0.5) is 39.8 Å². The van der Waals surface area contributed by atoms with Crippen molar-refractivity contribution in [3.8, 4) is 0 Å². The summed E-state index contributed by atoms with van der Waals surface area (Å²) in [7, 11) is 1.39. The summed E-state index contributed by atoms with van der Waals surface area (Å²) in [4.78, 5) is 125. The number of morpholine rings is 1. The number of piperazine rings is 1. The molecule has 93 heavy (non-hydrogen) atoms. The van der Waals surface area contributed by atoms with E-state index in [9.17, 15) is 33.2 Å². The highest BCUT2D eigenvalue weighted by Crippen LogP contribution is 2.43. The zero-order valence-electron chi connectivity index (χ0n) is 54.9. The lowest BCUT2D eigenvalue weighted by atomic mass is 9.83. The molecule has 5 aliphatic heterocycles. The number of anilines is 3. The number of para-hydroxylation sites is 1. The Balaban J connectivity index is 0.947. The van der Waals surface area contributed by atoms with Crippen LogP contribution in [0.2, 0.25) is 0 Å². The molecule has 5 heterocycles. The van der Waals surface area contributed by atoms with Gasteiger partial charge in [0.05, 0.1) is 31.7 Å². The van der Waals surface area contributed by atoms with Gasteiger partial charge in [0.25, 0.3) is 5.91 Å². The third kappa shape index (κ3) is 16.4. The van der Waals surface area contributed by atoms with E-state index >= 15 is 18.4 Å². The zero-order chi connectivity index (χ0) is 67.4. The predicted molar refractivity (Wildman–Crippen MR) is 340 cm³/mol. The first-order valence-electron chi connectivity index (χ1n) is 31.7. The first-order valence-corrected chi connectivity index (χ1v) is 31.7. The van der Waals surface area contributed by atoms with Gasteiger partial charge in [-0.3, -0.25) is 43.5 Å². The highest BCUT2D eigenvalue weighted by Gasteiger charge is 2.49. The van der Waals surface area contributed by atoms with E-state index in [-0.39, 0.29) is 73.9 Å². The monoisotopic (exact) mass is 1290 g/mol. The molecular formula is C68H87F3N10O12. The number of fused-ring (bicyclic) bond motifs is 2. The van der Waals surface area contributed by atoms with E-state index in [0.29, 0.717) is 75.5 Å². The molecular weight excluding hydrogens is 1210 g/mol. The minimum atomic E-state index is -1.57. The first-order chi connectivity index (χ1) is 43.9. The predicted octanol–water partition coefficient (Wildman–Crippen LogP) is 7.27. The number of hydrogen-bond acceptors (Lipinski definition) is 14. The summed E-state index contributed by atoms with van der Waals surface area (Å²) in [6.07, 6.45) is -0.153. The third-order valence-corrected chi connectivity index (χ3v) is 17.9. The van der Waals surface area contributed by atoms with Gasteiger partial charge in [0.2, 0.25) is 29.5 Å². The molecule has 0 saturated carbocycles. The summed E-state index contributed by atoms with van der Waals surface area (Å²) in [6, 6.07) is 14.7. The van der Waals surface area contributed by atoms with Gasteiger partial charge < -0.3 is 54.9 Å². The van der Waals surface area contributed by atoms with Gasteiger partial charge >= 0.3 is 12.2 Å². The van der Waals surface area contributed by atoms with Crippen LogP contribution >= 0.6 is 0 Å². The summed E-state index contributed by atoms with van der Waals surface area (Å²) >= 11 is 0. The number of nitrogens with zero attached hydrogens (tertiary/aromatic N) is 6. The Labute approximate surface area is 541 Å². The van der Waals surface area contributed by atoms with Crippen molar-refractivity contribution < 1.29 is 70.5 Å². The Bertz CT molecular complexity index is 3450. The van der Waals surface area contributed by atoms with Crippen molar-refractivity contribution in [2.75, 3.05) is 94.8 Å². The van der Waals surface area contributed by atoms with Crippen LogP contribution in [-0.2, 0) is 66.1 Å². The summed E-state index contributed by atoms with van der Waals surface area (Å²) < 4.78 is 67.2. The van der Waals surface area contributed by atoms with Crippen LogP contribution in [0.5, 0.6) is 0 Å². The minimum absolute atomic E-state index is 0.0611. The molecule has 3 saturated heterocycles. The maximum absolute atomic E-state index is 15.2. The molecule has 4 N–H and O–H groups in total. The number of halogens is 3. The normalized spacial score (nSPS) is 21.8. The van der Waals surface area contributed by atoms with Gasteiger partial charge in [0.15, 0.2) is 0 Å². The van der Waals surface area contributed by atoms with Crippen LogP contribution < -0.4 is 26.2 Å². The Hall–Kier alpha value is -8.13. The van der Waals surface area contributed by atoms with Crippen molar-refractivity contribution in [3.63, 3.8) is 0 Å². The van der Waals surface area contributed by atoms with Crippen LogP contribution in [-0.4, -0.2) is 193 Å². The third-order valence-electron chi connectivity index (χ3n) is 17.9.